The maximum atomic E-state index is 13.9. The molecule has 0 unspecified atom stereocenters. The van der Waals surface area contributed by atoms with E-state index in [9.17, 15) is 14.0 Å². The van der Waals surface area contributed by atoms with Gasteiger partial charge in [0.05, 0.1) is 12.8 Å². The monoisotopic (exact) mass is 496 g/mol. The average molecular weight is 497 g/mol. The largest absolute Gasteiger partial charge is 0.493 e. The number of carbonyl (C=O) groups is 2. The molecule has 2 amide bonds. The van der Waals surface area contributed by atoms with Gasteiger partial charge < -0.3 is 9.47 Å². The fourth-order valence-electron chi connectivity index (χ4n) is 3.18. The van der Waals surface area contributed by atoms with Crippen molar-refractivity contribution >= 4 is 39.5 Å². The van der Waals surface area contributed by atoms with Crippen molar-refractivity contribution in [2.75, 3.05) is 12.1 Å². The zero-order valence-electron chi connectivity index (χ0n) is 17.0. The molecule has 1 saturated heterocycles. The number of amides is 2. The Morgan fingerprint density at radius 2 is 1.75 bits per heavy atom. The first-order valence-corrected chi connectivity index (χ1v) is 10.4. The van der Waals surface area contributed by atoms with Gasteiger partial charge in [-0.25, -0.2) is 9.40 Å². The molecule has 3 aromatic carbocycles. The van der Waals surface area contributed by atoms with E-state index >= 15 is 0 Å². The number of hydrogen-bond acceptors (Lipinski definition) is 4. The van der Waals surface area contributed by atoms with Crippen LogP contribution >= 0.6 is 15.9 Å². The van der Waals surface area contributed by atoms with Crippen LogP contribution in [0.3, 0.4) is 0 Å². The summed E-state index contributed by atoms with van der Waals surface area (Å²) in [5.41, 5.74) is 4.06. The van der Waals surface area contributed by atoms with Gasteiger partial charge in [0, 0.05) is 10.0 Å². The summed E-state index contributed by atoms with van der Waals surface area (Å²) in [5.74, 6) is -0.572. The van der Waals surface area contributed by atoms with Crippen molar-refractivity contribution in [2.45, 2.75) is 6.61 Å². The highest BCUT2D eigenvalue weighted by Gasteiger charge is 2.34. The maximum absolute atomic E-state index is 13.9. The molecule has 0 atom stereocenters. The van der Waals surface area contributed by atoms with E-state index in [4.69, 9.17) is 9.47 Å². The zero-order valence-corrected chi connectivity index (χ0v) is 18.6. The first-order valence-electron chi connectivity index (χ1n) is 9.64. The van der Waals surface area contributed by atoms with Crippen molar-refractivity contribution in [3.63, 3.8) is 0 Å². The van der Waals surface area contributed by atoms with E-state index in [1.54, 1.807) is 54.6 Å². The van der Waals surface area contributed by atoms with Gasteiger partial charge in [0.15, 0.2) is 11.5 Å². The molecule has 3 aromatic rings. The molecule has 0 radical (unpaired) electrons. The average Bonchev–Trinajstić information content (AvgIpc) is 3.08. The van der Waals surface area contributed by atoms with E-state index in [1.165, 1.54) is 24.3 Å². The van der Waals surface area contributed by atoms with Crippen LogP contribution in [0.15, 0.2) is 76.8 Å². The summed E-state index contributed by atoms with van der Waals surface area (Å²) in [6.45, 7) is 0.0167. The first-order chi connectivity index (χ1) is 15.5. The Balaban J connectivity index is 1.60. The minimum Gasteiger partial charge on any atom is -0.493 e. The summed E-state index contributed by atoms with van der Waals surface area (Å²) in [5, 5.41) is 1.20. The van der Waals surface area contributed by atoms with Gasteiger partial charge in [-0.15, -0.1) is 0 Å². The fourth-order valence-corrected chi connectivity index (χ4v) is 3.61. The molecule has 4 rings (SSSR count). The van der Waals surface area contributed by atoms with Crippen molar-refractivity contribution in [1.29, 1.82) is 0 Å². The van der Waals surface area contributed by atoms with Gasteiger partial charge in [-0.2, -0.15) is 0 Å². The number of hydrogen-bond donors (Lipinski definition) is 1. The van der Waals surface area contributed by atoms with E-state index in [1.807, 2.05) is 6.07 Å². The van der Waals surface area contributed by atoms with Crippen LogP contribution in [0.1, 0.15) is 11.1 Å². The van der Waals surface area contributed by atoms with Crippen LogP contribution in [-0.4, -0.2) is 18.9 Å². The second kappa shape index (κ2) is 9.23. The number of rotatable bonds is 6. The van der Waals surface area contributed by atoms with Gasteiger partial charge in [-0.1, -0.05) is 52.3 Å². The van der Waals surface area contributed by atoms with Crippen molar-refractivity contribution in [3.8, 4) is 11.5 Å². The molecule has 1 aliphatic heterocycles. The van der Waals surface area contributed by atoms with Crippen molar-refractivity contribution in [3.05, 3.63) is 93.7 Å². The lowest BCUT2D eigenvalue weighted by Gasteiger charge is -2.14. The van der Waals surface area contributed by atoms with Gasteiger partial charge in [-0.05, 0) is 42.0 Å². The molecule has 0 aliphatic carbocycles. The molecular weight excluding hydrogens is 479 g/mol. The third-order valence-corrected chi connectivity index (χ3v) is 5.52. The highest BCUT2D eigenvalue weighted by molar-refractivity contribution is 9.10. The standard InChI is InChI=1S/C24H18BrFN2O4/c1-31-21-12-16(19(25)13-22(21)32-14-15-7-5-6-10-20(15)26)11-18-23(29)27-28(24(18)30)17-8-3-2-4-9-17/h2-13H,14H2,1H3,(H,27,29)/b18-11-. The highest BCUT2D eigenvalue weighted by atomic mass is 79.9. The Bertz CT molecular complexity index is 1210. The normalized spacial score (nSPS) is 14.6. The topological polar surface area (TPSA) is 67.9 Å². The van der Waals surface area contributed by atoms with E-state index < -0.39 is 11.8 Å². The lowest BCUT2D eigenvalue weighted by molar-refractivity contribution is -0.117. The predicted octanol–water partition coefficient (Wildman–Crippen LogP) is 4.64. The van der Waals surface area contributed by atoms with Crippen molar-refractivity contribution < 1.29 is 23.5 Å². The van der Waals surface area contributed by atoms with Crippen LogP contribution in [0.4, 0.5) is 10.1 Å². The number of hydrazine groups is 1. The number of anilines is 1. The van der Waals surface area contributed by atoms with Crippen molar-refractivity contribution in [1.82, 2.24) is 5.43 Å². The minimum absolute atomic E-state index is 0.0167. The third-order valence-electron chi connectivity index (χ3n) is 4.83. The molecule has 0 spiro atoms. The number of carbonyl (C=O) groups excluding carboxylic acids is 2. The summed E-state index contributed by atoms with van der Waals surface area (Å²) >= 11 is 3.45. The second-order valence-electron chi connectivity index (χ2n) is 6.88. The van der Waals surface area contributed by atoms with Gasteiger partial charge in [0.1, 0.15) is 18.0 Å². The van der Waals surface area contributed by atoms with E-state index in [2.05, 4.69) is 21.4 Å². The van der Waals surface area contributed by atoms with Gasteiger partial charge >= 0.3 is 0 Å². The van der Waals surface area contributed by atoms with Gasteiger partial charge in [0.25, 0.3) is 11.8 Å². The summed E-state index contributed by atoms with van der Waals surface area (Å²) in [7, 11) is 1.47. The predicted molar refractivity (Wildman–Crippen MR) is 121 cm³/mol. The van der Waals surface area contributed by atoms with Crippen LogP contribution < -0.4 is 19.9 Å². The number of para-hydroxylation sites is 1. The molecular formula is C24H18BrFN2O4. The lowest BCUT2D eigenvalue weighted by atomic mass is 10.1. The van der Waals surface area contributed by atoms with Crippen LogP contribution in [0.25, 0.3) is 6.08 Å². The third kappa shape index (κ3) is 4.36. The Labute approximate surface area is 192 Å². The maximum Gasteiger partial charge on any atom is 0.282 e. The van der Waals surface area contributed by atoms with E-state index in [0.717, 1.165) is 0 Å². The smallest absolute Gasteiger partial charge is 0.282 e. The van der Waals surface area contributed by atoms with Crippen LogP contribution in [0, 0.1) is 5.82 Å². The summed E-state index contributed by atoms with van der Waals surface area (Å²) in [4.78, 5) is 25.3. The highest BCUT2D eigenvalue weighted by Crippen LogP contribution is 2.36. The van der Waals surface area contributed by atoms with Crippen LogP contribution in [0.5, 0.6) is 11.5 Å². The second-order valence-corrected chi connectivity index (χ2v) is 7.73. The van der Waals surface area contributed by atoms with Crippen molar-refractivity contribution in [2.24, 2.45) is 0 Å². The molecule has 0 bridgehead atoms. The Hall–Kier alpha value is -3.65. The number of benzene rings is 3. The van der Waals surface area contributed by atoms with E-state index in [0.29, 0.717) is 32.8 Å². The fraction of sp³-hybridized carbons (Fsp3) is 0.0833. The Morgan fingerprint density at radius 1 is 1.03 bits per heavy atom. The van der Waals surface area contributed by atoms with Crippen LogP contribution in [0.2, 0.25) is 0 Å². The number of methoxy groups -OCH3 is 1. The van der Waals surface area contributed by atoms with E-state index in [-0.39, 0.29) is 18.0 Å². The Morgan fingerprint density at radius 3 is 2.47 bits per heavy atom. The van der Waals surface area contributed by atoms with Gasteiger partial charge in [-0.3, -0.25) is 15.0 Å². The molecule has 1 heterocycles. The first kappa shape index (κ1) is 21.6. The summed E-state index contributed by atoms with van der Waals surface area (Å²) in [6.07, 6.45) is 1.48. The molecule has 0 aromatic heterocycles. The lowest BCUT2D eigenvalue weighted by Crippen LogP contribution is -2.35. The molecule has 8 heteroatoms. The van der Waals surface area contributed by atoms with Crippen LogP contribution in [-0.2, 0) is 16.2 Å². The summed E-state index contributed by atoms with van der Waals surface area (Å²) in [6, 6.07) is 18.4. The number of nitrogens with zero attached hydrogens (tertiary/aromatic N) is 1. The van der Waals surface area contributed by atoms with Gasteiger partial charge in [0.2, 0.25) is 0 Å². The molecule has 1 fully saturated rings. The molecule has 6 nitrogen and oxygen atoms in total. The molecule has 1 aliphatic rings. The number of halogens is 2. The SMILES string of the molecule is COc1cc(/C=C2/C(=O)NN(c3ccccc3)C2=O)c(Br)cc1OCc1ccccc1F. The molecule has 32 heavy (non-hydrogen) atoms. The number of nitrogens with one attached hydrogen (secondary N) is 1. The number of ether oxygens (including phenoxy) is 2. The molecule has 0 saturated carbocycles. The molecule has 162 valence electrons. The summed E-state index contributed by atoms with van der Waals surface area (Å²) < 4.78 is 25.6. The zero-order chi connectivity index (χ0) is 22.7. The minimum atomic E-state index is -0.510. The Kier molecular flexibility index (Phi) is 6.23. The quantitative estimate of drug-likeness (QED) is 0.398. The molecule has 1 N–H and O–H groups in total.